The summed E-state index contributed by atoms with van der Waals surface area (Å²) in [5.74, 6) is -0.549. The van der Waals surface area contributed by atoms with Crippen LogP contribution in [-0.2, 0) is 27.9 Å². The number of ether oxygens (including phenoxy) is 1. The Balaban J connectivity index is 5.23. The summed E-state index contributed by atoms with van der Waals surface area (Å²) in [6.45, 7) is 6.74. The van der Waals surface area contributed by atoms with Crippen LogP contribution < -0.4 is 5.32 Å². The van der Waals surface area contributed by atoms with Crippen molar-refractivity contribution in [1.82, 2.24) is 5.32 Å². The fourth-order valence-electron chi connectivity index (χ4n) is 8.64. The number of esters is 1. The molecule has 0 aromatic rings. The summed E-state index contributed by atoms with van der Waals surface area (Å²) in [6.07, 6.45) is 84.5. The SMILES string of the molecule is CC/C=C\C/C=C\C/C=C\C/C=C\C/C=C\CCCCCCCCCC(=O)OC(/C=C/CCCCCCCCCCC)C(COP(=O)(O)OCC[N+](C)(C)C)NC(=O)CCCCCCC/C=C\C/C=C\C/C=C\C/C=C\C/C=C\CC. The zero-order valence-corrected chi connectivity index (χ0v) is 53.6. The highest BCUT2D eigenvalue weighted by Crippen LogP contribution is 2.43. The Morgan fingerprint density at radius 2 is 0.790 bits per heavy atom. The zero-order chi connectivity index (χ0) is 59.3. The second kappa shape index (κ2) is 59.3. The molecule has 10 heteroatoms. The van der Waals surface area contributed by atoms with Crippen LogP contribution in [0.2, 0.25) is 0 Å². The number of nitrogens with one attached hydrogen (secondary N) is 1. The number of rotatable bonds is 57. The Morgan fingerprint density at radius 3 is 1.19 bits per heavy atom. The van der Waals surface area contributed by atoms with Crippen LogP contribution in [0, 0.1) is 0 Å². The van der Waals surface area contributed by atoms with Gasteiger partial charge in [0.05, 0.1) is 33.8 Å². The Bertz CT molecular complexity index is 1850. The minimum Gasteiger partial charge on any atom is -0.456 e. The fraction of sp³-hybridized carbons (Fsp3) is 0.662. The van der Waals surface area contributed by atoms with E-state index >= 15 is 0 Å². The van der Waals surface area contributed by atoms with E-state index in [9.17, 15) is 19.0 Å². The quantitative estimate of drug-likeness (QED) is 0.0205. The maximum absolute atomic E-state index is 13.6. The molecular weight excluding hydrogens is 1020 g/mol. The van der Waals surface area contributed by atoms with Gasteiger partial charge in [-0.05, 0) is 122 Å². The van der Waals surface area contributed by atoms with E-state index in [2.05, 4.69) is 148 Å². The second-order valence-electron chi connectivity index (χ2n) is 22.5. The standard InChI is InChI=1S/C71H121N2O7P/c1-7-10-13-16-19-22-25-27-29-31-33-35-36-38-40-42-44-46-49-52-55-58-61-64-71(75)80-69(62-59-56-53-50-47-24-21-18-15-12-9-3)68(67-79-81(76,77)78-66-65-73(4,5)6)72-70(74)63-60-57-54-51-48-45-43-41-39-37-34-32-30-28-26-23-20-17-14-11-8-2/h10-11,13-14,19-20,22-23,27-30,33-35,37-38,40-41,43,59,62,68-69H,7-9,12,15-18,21,24-26,31-32,36,39,42,44-58,60-61,63-67H2,1-6H3,(H-,72,74,76,77)/p+1/b13-10-,14-11-,22-19-,23-20-,29-27-,30-28-,35-33-,37-34-,40-38-,43-41-,62-59+. The van der Waals surface area contributed by atoms with Gasteiger partial charge in [0.2, 0.25) is 5.91 Å². The van der Waals surface area contributed by atoms with E-state index in [-0.39, 0.29) is 31.5 Å². The van der Waals surface area contributed by atoms with Crippen molar-refractivity contribution in [2.24, 2.45) is 0 Å². The summed E-state index contributed by atoms with van der Waals surface area (Å²) in [6, 6.07) is -0.874. The van der Waals surface area contributed by atoms with Gasteiger partial charge in [-0.15, -0.1) is 0 Å². The van der Waals surface area contributed by atoms with Gasteiger partial charge in [-0.1, -0.05) is 251 Å². The van der Waals surface area contributed by atoms with Gasteiger partial charge in [0.25, 0.3) is 0 Å². The summed E-state index contributed by atoms with van der Waals surface area (Å²) in [5, 5.41) is 3.04. The highest BCUT2D eigenvalue weighted by molar-refractivity contribution is 7.47. The number of hydrogen-bond donors (Lipinski definition) is 2. The molecule has 3 atom stereocenters. The van der Waals surface area contributed by atoms with Crippen molar-refractivity contribution in [2.45, 2.75) is 264 Å². The topological polar surface area (TPSA) is 111 Å². The molecule has 0 bridgehead atoms. The van der Waals surface area contributed by atoms with E-state index in [1.54, 1.807) is 0 Å². The van der Waals surface area contributed by atoms with Crippen LogP contribution in [0.5, 0.6) is 0 Å². The van der Waals surface area contributed by atoms with Crippen molar-refractivity contribution < 1.29 is 37.3 Å². The first kappa shape index (κ1) is 77.2. The number of unbranched alkanes of at least 4 members (excludes halogenated alkanes) is 21. The van der Waals surface area contributed by atoms with Gasteiger partial charge >= 0.3 is 13.8 Å². The van der Waals surface area contributed by atoms with E-state index in [1.807, 2.05) is 33.3 Å². The van der Waals surface area contributed by atoms with Crippen LogP contribution in [0.4, 0.5) is 0 Å². The summed E-state index contributed by atoms with van der Waals surface area (Å²) < 4.78 is 30.7. The molecule has 0 aliphatic rings. The minimum absolute atomic E-state index is 0.0266. The van der Waals surface area contributed by atoms with Crippen molar-refractivity contribution in [1.29, 1.82) is 0 Å². The average Bonchev–Trinajstić information content (AvgIpc) is 3.44. The van der Waals surface area contributed by atoms with Gasteiger partial charge in [-0.2, -0.15) is 0 Å². The number of likely N-dealkylation sites (N-methyl/N-ethyl adjacent to an activating group) is 1. The van der Waals surface area contributed by atoms with E-state index in [4.69, 9.17) is 13.8 Å². The number of hydrogen-bond acceptors (Lipinski definition) is 6. The predicted molar refractivity (Wildman–Crippen MR) is 350 cm³/mol. The number of nitrogens with zero attached hydrogens (tertiary/aromatic N) is 1. The van der Waals surface area contributed by atoms with Crippen molar-refractivity contribution in [3.05, 3.63) is 134 Å². The van der Waals surface area contributed by atoms with E-state index in [0.29, 0.717) is 17.4 Å². The summed E-state index contributed by atoms with van der Waals surface area (Å²) in [5.41, 5.74) is 0. The fourth-order valence-corrected chi connectivity index (χ4v) is 9.38. The van der Waals surface area contributed by atoms with Gasteiger partial charge in [-0.3, -0.25) is 18.6 Å². The molecule has 0 radical (unpaired) electrons. The van der Waals surface area contributed by atoms with Crippen molar-refractivity contribution in [3.63, 3.8) is 0 Å². The summed E-state index contributed by atoms with van der Waals surface area (Å²) in [7, 11) is 1.45. The highest BCUT2D eigenvalue weighted by atomic mass is 31.2. The Morgan fingerprint density at radius 1 is 0.444 bits per heavy atom. The molecule has 0 fully saturated rings. The number of carbonyl (C=O) groups excluding carboxylic acids is 2. The van der Waals surface area contributed by atoms with Crippen molar-refractivity contribution in [2.75, 3.05) is 40.9 Å². The molecule has 0 saturated heterocycles. The largest absolute Gasteiger partial charge is 0.472 e. The number of carbonyl (C=O) groups is 2. The molecule has 0 aromatic carbocycles. The molecule has 0 aliphatic heterocycles. The zero-order valence-electron chi connectivity index (χ0n) is 52.7. The first-order chi connectivity index (χ1) is 39.4. The van der Waals surface area contributed by atoms with Gasteiger partial charge in [-0.25, -0.2) is 4.57 Å². The lowest BCUT2D eigenvalue weighted by molar-refractivity contribution is -0.870. The van der Waals surface area contributed by atoms with Crippen LogP contribution in [0.3, 0.4) is 0 Å². The monoisotopic (exact) mass is 1150 g/mol. The van der Waals surface area contributed by atoms with E-state index in [1.165, 1.54) is 64.2 Å². The molecule has 462 valence electrons. The van der Waals surface area contributed by atoms with E-state index < -0.39 is 20.0 Å². The van der Waals surface area contributed by atoms with Crippen LogP contribution in [0.25, 0.3) is 0 Å². The first-order valence-corrected chi connectivity index (χ1v) is 34.0. The smallest absolute Gasteiger partial charge is 0.456 e. The number of allylic oxidation sites excluding steroid dienone is 21. The molecule has 0 heterocycles. The van der Waals surface area contributed by atoms with Crippen molar-refractivity contribution in [3.8, 4) is 0 Å². The Hall–Kier alpha value is -3.85. The number of quaternary nitrogens is 1. The van der Waals surface area contributed by atoms with Gasteiger partial charge < -0.3 is 19.4 Å². The summed E-state index contributed by atoms with van der Waals surface area (Å²) in [4.78, 5) is 37.8. The molecular formula is C71H122N2O7P+. The molecule has 0 rings (SSSR count). The number of amides is 1. The van der Waals surface area contributed by atoms with Crippen LogP contribution in [-0.4, -0.2) is 74.3 Å². The van der Waals surface area contributed by atoms with E-state index in [0.717, 1.165) is 154 Å². The number of phosphoric ester groups is 1. The molecule has 2 N–H and O–H groups in total. The third kappa shape index (κ3) is 60.6. The molecule has 0 spiro atoms. The van der Waals surface area contributed by atoms with Gasteiger partial charge in [0, 0.05) is 12.8 Å². The molecule has 0 saturated carbocycles. The lowest BCUT2D eigenvalue weighted by atomic mass is 10.1. The Labute approximate surface area is 498 Å². The molecule has 81 heavy (non-hydrogen) atoms. The highest BCUT2D eigenvalue weighted by Gasteiger charge is 2.30. The van der Waals surface area contributed by atoms with Crippen molar-refractivity contribution >= 4 is 19.7 Å². The molecule has 0 aliphatic carbocycles. The normalized spacial score (nSPS) is 14.5. The third-order valence-corrected chi connectivity index (χ3v) is 14.6. The molecule has 0 aromatic heterocycles. The molecule has 9 nitrogen and oxygen atoms in total. The maximum atomic E-state index is 13.6. The Kier molecular flexibility index (Phi) is 56.5. The first-order valence-electron chi connectivity index (χ1n) is 32.5. The number of phosphoric acid groups is 1. The summed E-state index contributed by atoms with van der Waals surface area (Å²) >= 11 is 0. The lowest BCUT2D eigenvalue weighted by Crippen LogP contribution is -2.47. The molecule has 3 unspecified atom stereocenters. The maximum Gasteiger partial charge on any atom is 0.472 e. The second-order valence-corrected chi connectivity index (χ2v) is 24.0. The van der Waals surface area contributed by atoms with Crippen LogP contribution >= 0.6 is 7.82 Å². The minimum atomic E-state index is -4.47. The van der Waals surface area contributed by atoms with Crippen LogP contribution in [0.15, 0.2) is 134 Å². The van der Waals surface area contributed by atoms with Gasteiger partial charge in [0.15, 0.2) is 0 Å². The van der Waals surface area contributed by atoms with Crippen LogP contribution in [0.1, 0.15) is 252 Å². The van der Waals surface area contributed by atoms with Gasteiger partial charge in [0.1, 0.15) is 19.3 Å². The lowest BCUT2D eigenvalue weighted by Gasteiger charge is -2.27. The predicted octanol–water partition coefficient (Wildman–Crippen LogP) is 20.4. The molecule has 1 amide bonds. The third-order valence-electron chi connectivity index (χ3n) is 13.6. The average molecular weight is 1150 g/mol.